The molecule has 1 amide bonds. The second-order valence-electron chi connectivity index (χ2n) is 6.12. The van der Waals surface area contributed by atoms with Crippen LogP contribution in [0.2, 0.25) is 0 Å². The molecule has 0 aromatic heterocycles. The van der Waals surface area contributed by atoms with Gasteiger partial charge in [-0.25, -0.2) is 0 Å². The first-order valence-electron chi connectivity index (χ1n) is 7.83. The minimum atomic E-state index is -0.379. The Morgan fingerprint density at radius 3 is 2.64 bits per heavy atom. The normalized spacial score (nSPS) is 21.9. The van der Waals surface area contributed by atoms with E-state index in [4.69, 9.17) is 4.74 Å². The topological polar surface area (TPSA) is 29.5 Å². The maximum atomic E-state index is 12.8. The molecule has 112 valence electrons. The molecule has 0 radical (unpaired) electrons. The van der Waals surface area contributed by atoms with Crippen LogP contribution in [-0.2, 0) is 17.6 Å². The summed E-state index contributed by atoms with van der Waals surface area (Å²) in [6.07, 6.45) is 2.34. The number of aryl methyl sites for hydroxylation is 1. The molecule has 22 heavy (non-hydrogen) atoms. The van der Waals surface area contributed by atoms with Gasteiger partial charge in [0.25, 0.3) is 5.91 Å². The maximum Gasteiger partial charge on any atom is 0.264 e. The Hall–Kier alpha value is -2.29. The number of hydrogen-bond donors (Lipinski definition) is 0. The number of nitrogens with zero attached hydrogens (tertiary/aromatic N) is 1. The summed E-state index contributed by atoms with van der Waals surface area (Å²) in [7, 11) is 1.90. The van der Waals surface area contributed by atoms with E-state index in [-0.39, 0.29) is 18.1 Å². The van der Waals surface area contributed by atoms with Crippen LogP contribution in [0.25, 0.3) is 0 Å². The Morgan fingerprint density at radius 1 is 1.09 bits per heavy atom. The van der Waals surface area contributed by atoms with Gasteiger partial charge in [0.05, 0.1) is 6.04 Å². The van der Waals surface area contributed by atoms with Crippen molar-refractivity contribution in [3.05, 3.63) is 65.2 Å². The molecule has 3 nitrogen and oxygen atoms in total. The molecule has 2 aromatic rings. The zero-order chi connectivity index (χ0) is 15.1. The Labute approximate surface area is 130 Å². The molecule has 1 heterocycles. The van der Waals surface area contributed by atoms with Gasteiger partial charge < -0.3 is 9.64 Å². The summed E-state index contributed by atoms with van der Waals surface area (Å²) in [6, 6.07) is 16.5. The van der Waals surface area contributed by atoms with E-state index in [0.29, 0.717) is 6.42 Å². The molecule has 0 spiro atoms. The monoisotopic (exact) mass is 293 g/mol. The van der Waals surface area contributed by atoms with Gasteiger partial charge >= 0.3 is 0 Å². The van der Waals surface area contributed by atoms with Crippen molar-refractivity contribution in [1.29, 1.82) is 0 Å². The number of benzene rings is 2. The molecule has 0 fully saturated rings. The molecule has 0 bridgehead atoms. The molecular formula is C19H19NO2. The highest BCUT2D eigenvalue weighted by Crippen LogP contribution is 2.36. The highest BCUT2D eigenvalue weighted by Gasteiger charge is 2.35. The van der Waals surface area contributed by atoms with Crippen LogP contribution in [0.4, 0.5) is 0 Å². The lowest BCUT2D eigenvalue weighted by atomic mass is 10.1. The Bertz CT molecular complexity index is 700. The Morgan fingerprint density at radius 2 is 1.82 bits per heavy atom. The van der Waals surface area contributed by atoms with E-state index in [1.165, 1.54) is 11.1 Å². The van der Waals surface area contributed by atoms with Crippen LogP contribution in [0.1, 0.15) is 29.2 Å². The first-order chi connectivity index (χ1) is 10.7. The van der Waals surface area contributed by atoms with Crippen LogP contribution in [-0.4, -0.2) is 24.0 Å². The third kappa shape index (κ3) is 2.08. The van der Waals surface area contributed by atoms with E-state index in [0.717, 1.165) is 24.2 Å². The van der Waals surface area contributed by atoms with Crippen molar-refractivity contribution in [2.45, 2.75) is 31.4 Å². The van der Waals surface area contributed by atoms with Crippen LogP contribution >= 0.6 is 0 Å². The molecule has 0 saturated heterocycles. The molecule has 2 atom stereocenters. The number of para-hydroxylation sites is 1. The largest absolute Gasteiger partial charge is 0.480 e. The molecule has 3 heteroatoms. The summed E-state index contributed by atoms with van der Waals surface area (Å²) >= 11 is 0. The van der Waals surface area contributed by atoms with Crippen molar-refractivity contribution in [2.75, 3.05) is 7.05 Å². The standard InChI is InChI=1S/C19H19NO2/c1-20(16-11-10-13-6-2-4-8-15(13)16)19(21)18-12-14-7-3-5-9-17(14)22-18/h2-9,16,18H,10-12H2,1H3. The summed E-state index contributed by atoms with van der Waals surface area (Å²) < 4.78 is 5.85. The lowest BCUT2D eigenvalue weighted by Gasteiger charge is -2.27. The molecule has 4 rings (SSSR count). The zero-order valence-electron chi connectivity index (χ0n) is 12.7. The van der Waals surface area contributed by atoms with Crippen LogP contribution in [0.5, 0.6) is 5.75 Å². The number of hydrogen-bond acceptors (Lipinski definition) is 2. The van der Waals surface area contributed by atoms with Gasteiger partial charge in [-0.2, -0.15) is 0 Å². The lowest BCUT2D eigenvalue weighted by Crippen LogP contribution is -2.40. The highest BCUT2D eigenvalue weighted by molar-refractivity contribution is 5.83. The van der Waals surface area contributed by atoms with Crippen LogP contribution < -0.4 is 4.74 Å². The predicted molar refractivity (Wildman–Crippen MR) is 84.8 cm³/mol. The second kappa shape index (κ2) is 5.16. The summed E-state index contributed by atoms with van der Waals surface area (Å²) in [4.78, 5) is 14.7. The van der Waals surface area contributed by atoms with Crippen molar-refractivity contribution in [1.82, 2.24) is 4.90 Å². The number of fused-ring (bicyclic) bond motifs is 2. The zero-order valence-corrected chi connectivity index (χ0v) is 12.7. The fourth-order valence-corrected chi connectivity index (χ4v) is 3.64. The molecule has 2 aliphatic rings. The Balaban J connectivity index is 1.53. The van der Waals surface area contributed by atoms with Crippen molar-refractivity contribution in [3.8, 4) is 5.75 Å². The first-order valence-corrected chi connectivity index (χ1v) is 7.83. The van der Waals surface area contributed by atoms with Gasteiger partial charge in [-0.3, -0.25) is 4.79 Å². The van der Waals surface area contributed by atoms with E-state index >= 15 is 0 Å². The van der Waals surface area contributed by atoms with Gasteiger partial charge in [-0.05, 0) is 35.6 Å². The lowest BCUT2D eigenvalue weighted by molar-refractivity contribution is -0.138. The van der Waals surface area contributed by atoms with E-state index in [2.05, 4.69) is 24.3 Å². The van der Waals surface area contributed by atoms with Gasteiger partial charge in [0.1, 0.15) is 5.75 Å². The van der Waals surface area contributed by atoms with Crippen molar-refractivity contribution in [3.63, 3.8) is 0 Å². The number of likely N-dealkylation sites (N-methyl/N-ethyl adjacent to an activating group) is 1. The number of carbonyl (C=O) groups excluding carboxylic acids is 1. The SMILES string of the molecule is CN(C(=O)C1Cc2ccccc2O1)C1CCc2ccccc21. The molecular weight excluding hydrogens is 274 g/mol. The fourth-order valence-electron chi connectivity index (χ4n) is 3.64. The minimum Gasteiger partial charge on any atom is -0.480 e. The van der Waals surface area contributed by atoms with Crippen LogP contribution in [0, 0.1) is 0 Å². The summed E-state index contributed by atoms with van der Waals surface area (Å²) in [5, 5.41) is 0. The van der Waals surface area contributed by atoms with E-state index in [9.17, 15) is 4.79 Å². The molecule has 1 aliphatic carbocycles. The smallest absolute Gasteiger partial charge is 0.264 e. The molecule has 0 N–H and O–H groups in total. The molecule has 1 aliphatic heterocycles. The van der Waals surface area contributed by atoms with Crippen molar-refractivity contribution < 1.29 is 9.53 Å². The van der Waals surface area contributed by atoms with Gasteiger partial charge in [0.15, 0.2) is 6.10 Å². The maximum absolute atomic E-state index is 12.8. The van der Waals surface area contributed by atoms with E-state index in [1.54, 1.807) is 0 Å². The minimum absolute atomic E-state index is 0.0814. The average Bonchev–Trinajstić information content (AvgIpc) is 3.17. The second-order valence-corrected chi connectivity index (χ2v) is 6.12. The molecule has 2 aromatic carbocycles. The van der Waals surface area contributed by atoms with Gasteiger partial charge in [-0.15, -0.1) is 0 Å². The third-order valence-corrected chi connectivity index (χ3v) is 4.84. The van der Waals surface area contributed by atoms with Crippen LogP contribution in [0.15, 0.2) is 48.5 Å². The number of carbonyl (C=O) groups is 1. The van der Waals surface area contributed by atoms with Gasteiger partial charge in [0.2, 0.25) is 0 Å². The molecule has 2 unspecified atom stereocenters. The summed E-state index contributed by atoms with van der Waals surface area (Å²) in [5.74, 6) is 0.930. The fraction of sp³-hybridized carbons (Fsp3) is 0.316. The number of ether oxygens (including phenoxy) is 1. The average molecular weight is 293 g/mol. The highest BCUT2D eigenvalue weighted by atomic mass is 16.5. The third-order valence-electron chi connectivity index (χ3n) is 4.84. The van der Waals surface area contributed by atoms with Gasteiger partial charge in [-0.1, -0.05) is 42.5 Å². The summed E-state index contributed by atoms with van der Waals surface area (Å²) in [5.41, 5.74) is 3.78. The predicted octanol–water partition coefficient (Wildman–Crippen LogP) is 3.14. The first kappa shape index (κ1) is 13.4. The van der Waals surface area contributed by atoms with E-state index < -0.39 is 0 Å². The number of rotatable bonds is 2. The molecule has 0 saturated carbocycles. The quantitative estimate of drug-likeness (QED) is 0.851. The van der Waals surface area contributed by atoms with E-state index in [1.807, 2.05) is 36.2 Å². The van der Waals surface area contributed by atoms with Crippen LogP contribution in [0.3, 0.4) is 0 Å². The van der Waals surface area contributed by atoms with Gasteiger partial charge in [0, 0.05) is 13.5 Å². The summed E-state index contributed by atoms with van der Waals surface area (Å²) in [6.45, 7) is 0. The van der Waals surface area contributed by atoms with Crippen molar-refractivity contribution >= 4 is 5.91 Å². The Kier molecular flexibility index (Phi) is 3.14. The number of amides is 1. The van der Waals surface area contributed by atoms with Crippen molar-refractivity contribution in [2.24, 2.45) is 0 Å².